The number of fused-ring (bicyclic) bond motifs is 1. The van der Waals surface area contributed by atoms with E-state index in [9.17, 15) is 14.3 Å². The summed E-state index contributed by atoms with van der Waals surface area (Å²) < 4.78 is 34.2. The van der Waals surface area contributed by atoms with E-state index in [1.54, 1.807) is 0 Å². The van der Waals surface area contributed by atoms with E-state index in [2.05, 4.69) is 41.6 Å². The number of aromatic nitrogens is 4. The Kier molecular flexibility index (Phi) is 7.29. The molecule has 0 radical (unpaired) electrons. The highest BCUT2D eigenvalue weighted by molar-refractivity contribution is 6.99. The predicted octanol–water partition coefficient (Wildman–Crippen LogP) is 3.48. The molecular weight excluding hydrogens is 545 g/mol. The number of rotatable bonds is 7. The number of benzene rings is 2. The van der Waals surface area contributed by atoms with Gasteiger partial charge in [-0.1, -0.05) is 87.4 Å². The van der Waals surface area contributed by atoms with Gasteiger partial charge in [0.1, 0.15) is 6.23 Å². The molecule has 0 amide bonds. The number of nitrogen functional groups attached to an aromatic ring is 1. The maximum Gasteiger partial charge on any atom is 0.506 e. The molecule has 3 heterocycles. The molecule has 212 valence electrons. The molecule has 2 aromatic heterocycles. The van der Waals surface area contributed by atoms with E-state index in [1.807, 2.05) is 60.7 Å². The van der Waals surface area contributed by atoms with Gasteiger partial charge in [-0.3, -0.25) is 4.57 Å². The summed E-state index contributed by atoms with van der Waals surface area (Å²) in [5.74, 6) is 2.51. The number of carboxylic acid groups (broad SMARTS) is 1. The van der Waals surface area contributed by atoms with Crippen molar-refractivity contribution >= 4 is 41.8 Å². The van der Waals surface area contributed by atoms with Crippen LogP contribution in [-0.2, 0) is 13.9 Å². The lowest BCUT2D eigenvalue weighted by Gasteiger charge is -2.44. The largest absolute Gasteiger partial charge is 0.506 e. The van der Waals surface area contributed by atoms with Gasteiger partial charge in [0.05, 0.1) is 12.9 Å². The number of anilines is 1. The van der Waals surface area contributed by atoms with Gasteiger partial charge in [0.25, 0.3) is 8.32 Å². The van der Waals surface area contributed by atoms with Crippen molar-refractivity contribution in [3.8, 4) is 12.3 Å². The Hall–Kier alpha value is -4.31. The fourth-order valence-corrected chi connectivity index (χ4v) is 10.2. The minimum atomic E-state index is -3.08. The molecule has 1 aliphatic heterocycles. The van der Waals surface area contributed by atoms with E-state index in [4.69, 9.17) is 26.1 Å². The number of imidazole rings is 1. The van der Waals surface area contributed by atoms with Crippen molar-refractivity contribution in [3.63, 3.8) is 0 Å². The van der Waals surface area contributed by atoms with Crippen LogP contribution >= 0.6 is 0 Å². The first kappa shape index (κ1) is 28.2. The molecule has 4 aromatic rings. The number of terminal acetylenes is 1. The maximum absolute atomic E-state index is 14.1. The minimum Gasteiger partial charge on any atom is -0.450 e. The van der Waals surface area contributed by atoms with Gasteiger partial charge in [0.2, 0.25) is 0 Å². The molecule has 1 aliphatic rings. The van der Waals surface area contributed by atoms with Gasteiger partial charge >= 0.3 is 12.2 Å². The SMILES string of the molecule is C#C[C@]1(CO[Si](c2ccccc2)(c2ccccc2)C(C)(C)C)O[C@@H](n2cnc3c(N)nc(F)nc32)C[C@@H]1OC(=O)O. The number of nitrogens with zero attached hydrogens (tertiary/aromatic N) is 4. The molecule has 5 rings (SSSR count). The molecule has 3 atom stereocenters. The number of ether oxygens (including phenoxy) is 2. The second-order valence-electron chi connectivity index (χ2n) is 10.9. The van der Waals surface area contributed by atoms with Crippen molar-refractivity contribution in [1.82, 2.24) is 19.5 Å². The Morgan fingerprint density at radius 2 is 1.80 bits per heavy atom. The first-order valence-corrected chi connectivity index (χ1v) is 14.9. The lowest BCUT2D eigenvalue weighted by molar-refractivity contribution is -0.0919. The van der Waals surface area contributed by atoms with Crippen molar-refractivity contribution in [2.45, 2.75) is 50.2 Å². The van der Waals surface area contributed by atoms with Crippen molar-refractivity contribution in [3.05, 3.63) is 73.1 Å². The molecular formula is C29H30FN5O5Si. The molecule has 10 nitrogen and oxygen atoms in total. The van der Waals surface area contributed by atoms with Crippen LogP contribution < -0.4 is 16.1 Å². The summed E-state index contributed by atoms with van der Waals surface area (Å²) in [6.45, 7) is 6.16. The molecule has 3 N–H and O–H groups in total. The minimum absolute atomic E-state index is 0.00239. The molecule has 2 aromatic carbocycles. The number of hydrogen-bond donors (Lipinski definition) is 2. The first-order chi connectivity index (χ1) is 19.5. The number of hydrogen-bond acceptors (Lipinski definition) is 8. The van der Waals surface area contributed by atoms with Crippen molar-refractivity contribution in [2.24, 2.45) is 0 Å². The van der Waals surface area contributed by atoms with Gasteiger partial charge in [-0.25, -0.2) is 9.78 Å². The van der Waals surface area contributed by atoms with Crippen molar-refractivity contribution in [2.75, 3.05) is 12.3 Å². The van der Waals surface area contributed by atoms with Crippen LogP contribution in [0.2, 0.25) is 5.04 Å². The van der Waals surface area contributed by atoms with E-state index < -0.39 is 38.5 Å². The van der Waals surface area contributed by atoms with E-state index in [1.165, 1.54) is 10.9 Å². The Morgan fingerprint density at radius 3 is 2.34 bits per heavy atom. The topological polar surface area (TPSA) is 135 Å². The summed E-state index contributed by atoms with van der Waals surface area (Å²) in [7, 11) is -3.08. The lowest BCUT2D eigenvalue weighted by Crippen LogP contribution is -2.68. The fourth-order valence-electron chi connectivity index (χ4n) is 5.57. The summed E-state index contributed by atoms with van der Waals surface area (Å²) in [4.78, 5) is 23.3. The third kappa shape index (κ3) is 4.92. The quantitative estimate of drug-likeness (QED) is 0.147. The van der Waals surface area contributed by atoms with E-state index >= 15 is 0 Å². The van der Waals surface area contributed by atoms with E-state index in [0.29, 0.717) is 0 Å². The molecule has 0 aliphatic carbocycles. The smallest absolute Gasteiger partial charge is 0.450 e. The van der Waals surface area contributed by atoms with E-state index in [-0.39, 0.29) is 35.0 Å². The third-order valence-corrected chi connectivity index (χ3v) is 12.4. The average molecular weight is 576 g/mol. The Balaban J connectivity index is 1.59. The molecule has 12 heteroatoms. The second kappa shape index (κ2) is 10.6. The van der Waals surface area contributed by atoms with Gasteiger partial charge in [-0.15, -0.1) is 6.42 Å². The highest BCUT2D eigenvalue weighted by Gasteiger charge is 2.56. The Labute approximate surface area is 237 Å². The van der Waals surface area contributed by atoms with E-state index in [0.717, 1.165) is 10.4 Å². The van der Waals surface area contributed by atoms with Gasteiger partial charge in [-0.2, -0.15) is 14.4 Å². The fraction of sp³-hybridized carbons (Fsp3) is 0.310. The van der Waals surface area contributed by atoms with Crippen LogP contribution in [-0.4, -0.2) is 57.4 Å². The van der Waals surface area contributed by atoms with Gasteiger partial charge < -0.3 is 24.7 Å². The van der Waals surface area contributed by atoms with Crippen molar-refractivity contribution < 1.29 is 28.2 Å². The summed E-state index contributed by atoms with van der Waals surface area (Å²) >= 11 is 0. The molecule has 41 heavy (non-hydrogen) atoms. The van der Waals surface area contributed by atoms with Crippen LogP contribution in [0.3, 0.4) is 0 Å². The van der Waals surface area contributed by atoms with Crippen LogP contribution in [0.25, 0.3) is 11.2 Å². The van der Waals surface area contributed by atoms with Gasteiger partial charge in [0, 0.05) is 6.42 Å². The number of nitrogens with two attached hydrogens (primary N) is 1. The Morgan fingerprint density at radius 1 is 1.20 bits per heavy atom. The van der Waals surface area contributed by atoms with Crippen LogP contribution in [0.1, 0.15) is 33.4 Å². The number of carbonyl (C=O) groups is 1. The summed E-state index contributed by atoms with van der Waals surface area (Å²) in [6, 6.07) is 19.9. The predicted molar refractivity (Wildman–Crippen MR) is 152 cm³/mol. The van der Waals surface area contributed by atoms with Crippen LogP contribution in [0.15, 0.2) is 67.0 Å². The highest BCUT2D eigenvalue weighted by Crippen LogP contribution is 2.43. The summed E-state index contributed by atoms with van der Waals surface area (Å²) in [6.07, 6.45) is 2.88. The maximum atomic E-state index is 14.1. The molecule has 0 unspecified atom stereocenters. The monoisotopic (exact) mass is 575 g/mol. The normalized spacial score (nSPS) is 21.0. The standard InChI is InChI=1S/C29H30FN5O5Si/c1-5-29(17-38-41(28(2,3)4,19-12-8-6-9-13-19)20-14-10-7-11-15-20)21(39-27(36)37)16-22(40-29)35-18-32-23-24(31)33-26(30)34-25(23)35/h1,6-15,18,21-22H,16-17H2,2-4H3,(H,36,37)(H2,31,33,34)/t21-,22+,29+/m0/s1. The Bertz CT molecular complexity index is 1570. The molecule has 0 spiro atoms. The zero-order chi connectivity index (χ0) is 29.4. The highest BCUT2D eigenvalue weighted by atomic mass is 28.4. The molecule has 0 bridgehead atoms. The molecule has 1 saturated heterocycles. The molecule has 1 fully saturated rings. The molecule has 0 saturated carbocycles. The van der Waals surface area contributed by atoms with Crippen LogP contribution in [0, 0.1) is 18.4 Å². The van der Waals surface area contributed by atoms with Crippen LogP contribution in [0.4, 0.5) is 15.0 Å². The van der Waals surface area contributed by atoms with Crippen LogP contribution in [0.5, 0.6) is 0 Å². The zero-order valence-corrected chi connectivity index (χ0v) is 23.8. The zero-order valence-electron chi connectivity index (χ0n) is 22.8. The number of halogens is 1. The third-order valence-electron chi connectivity index (χ3n) is 7.42. The second-order valence-corrected chi connectivity index (χ2v) is 15.2. The van der Waals surface area contributed by atoms with Crippen molar-refractivity contribution in [1.29, 1.82) is 0 Å². The first-order valence-electron chi connectivity index (χ1n) is 13.0. The average Bonchev–Trinajstić information content (AvgIpc) is 3.51. The van der Waals surface area contributed by atoms with Gasteiger partial charge in [-0.05, 0) is 15.4 Å². The lowest BCUT2D eigenvalue weighted by atomic mass is 9.99. The summed E-state index contributed by atoms with van der Waals surface area (Å²) in [5, 5.41) is 11.2. The van der Waals surface area contributed by atoms with Gasteiger partial charge in [0.15, 0.2) is 28.7 Å². The summed E-state index contributed by atoms with van der Waals surface area (Å²) in [5.41, 5.74) is 4.46.